The summed E-state index contributed by atoms with van der Waals surface area (Å²) in [6.45, 7) is 0. The van der Waals surface area contributed by atoms with E-state index < -0.39 is 0 Å². The second-order valence-corrected chi connectivity index (χ2v) is 3.94. The van der Waals surface area contributed by atoms with Crippen LogP contribution in [0.5, 0.6) is 0 Å². The molecule has 0 bridgehead atoms. The third-order valence-corrected chi connectivity index (χ3v) is 2.72. The number of rotatable bonds is 2. The average molecular weight is 233 g/mol. The van der Waals surface area contributed by atoms with Crippen molar-refractivity contribution < 1.29 is 0 Å². The van der Waals surface area contributed by atoms with Crippen molar-refractivity contribution in [3.8, 4) is 0 Å². The van der Waals surface area contributed by atoms with E-state index in [-0.39, 0.29) is 0 Å². The van der Waals surface area contributed by atoms with Gasteiger partial charge in [0, 0.05) is 23.3 Å². The van der Waals surface area contributed by atoms with E-state index in [4.69, 9.17) is 0 Å². The van der Waals surface area contributed by atoms with Crippen molar-refractivity contribution >= 4 is 23.1 Å². The van der Waals surface area contributed by atoms with E-state index in [1.54, 1.807) is 12.4 Å². The maximum Gasteiger partial charge on any atom is 0.0935 e. The summed E-state index contributed by atoms with van der Waals surface area (Å²) in [5, 5.41) is 9.21. The zero-order valence-electron chi connectivity index (χ0n) is 9.69. The fourth-order valence-electron chi connectivity index (χ4n) is 1.82. The second kappa shape index (κ2) is 4.75. The molecule has 1 aromatic carbocycles. The third-order valence-electron chi connectivity index (χ3n) is 2.72. The third kappa shape index (κ3) is 2.11. The Morgan fingerprint density at radius 3 is 2.72 bits per heavy atom. The molecule has 0 aliphatic carbocycles. The minimum absolute atomic E-state index is 0.908. The lowest BCUT2D eigenvalue weighted by molar-refractivity contribution is 1.07. The molecular formula is C15H11N3. The number of hydrogen-bond acceptors (Lipinski definition) is 3. The first-order valence-electron chi connectivity index (χ1n) is 5.72. The number of fused-ring (bicyclic) bond motifs is 1. The monoisotopic (exact) mass is 233 g/mol. The molecule has 18 heavy (non-hydrogen) atoms. The summed E-state index contributed by atoms with van der Waals surface area (Å²) in [6, 6.07) is 11.9. The number of aromatic nitrogens is 3. The molecule has 3 nitrogen and oxygen atoms in total. The lowest BCUT2D eigenvalue weighted by atomic mass is 10.1. The summed E-state index contributed by atoms with van der Waals surface area (Å²) in [5.74, 6) is 0. The minimum atomic E-state index is 0.908. The molecular weight excluding hydrogens is 222 g/mol. The van der Waals surface area contributed by atoms with Gasteiger partial charge in [0.2, 0.25) is 0 Å². The molecule has 3 aromatic rings. The topological polar surface area (TPSA) is 38.7 Å². The van der Waals surface area contributed by atoms with Crippen LogP contribution in [0.1, 0.15) is 11.1 Å². The first-order valence-corrected chi connectivity index (χ1v) is 5.72. The Hall–Kier alpha value is -2.55. The van der Waals surface area contributed by atoms with Crippen LogP contribution >= 0.6 is 0 Å². The van der Waals surface area contributed by atoms with E-state index >= 15 is 0 Å². The lowest BCUT2D eigenvalue weighted by Crippen LogP contribution is -1.86. The highest BCUT2D eigenvalue weighted by molar-refractivity contribution is 5.89. The van der Waals surface area contributed by atoms with Crippen LogP contribution in [0.15, 0.2) is 55.0 Å². The molecule has 0 saturated carbocycles. The number of pyridine rings is 1. The van der Waals surface area contributed by atoms with Crippen LogP contribution in [0.2, 0.25) is 0 Å². The molecule has 0 amide bonds. The zero-order valence-corrected chi connectivity index (χ0v) is 9.69. The summed E-state index contributed by atoms with van der Waals surface area (Å²) in [4.78, 5) is 4.08. The SMILES string of the molecule is C(=C\c1cnnc2ccccc12)/c1cccnc1. The molecule has 0 aliphatic rings. The van der Waals surface area contributed by atoms with Crippen LogP contribution in [0, 0.1) is 0 Å². The predicted molar refractivity (Wildman–Crippen MR) is 72.7 cm³/mol. The Balaban J connectivity index is 2.03. The summed E-state index contributed by atoms with van der Waals surface area (Å²) < 4.78 is 0. The average Bonchev–Trinajstić information content (AvgIpc) is 2.46. The first kappa shape index (κ1) is 10.6. The van der Waals surface area contributed by atoms with E-state index in [2.05, 4.69) is 15.2 Å². The molecule has 0 radical (unpaired) electrons. The molecule has 0 N–H and O–H groups in total. The van der Waals surface area contributed by atoms with Crippen LogP contribution in [-0.4, -0.2) is 15.2 Å². The number of nitrogens with zero attached hydrogens (tertiary/aromatic N) is 3. The van der Waals surface area contributed by atoms with Crippen molar-refractivity contribution in [3.05, 3.63) is 66.1 Å². The highest BCUT2D eigenvalue weighted by Gasteiger charge is 1.98. The Kier molecular flexibility index (Phi) is 2.80. The lowest BCUT2D eigenvalue weighted by Gasteiger charge is -1.99. The molecule has 3 rings (SSSR count). The van der Waals surface area contributed by atoms with Crippen molar-refractivity contribution in [2.75, 3.05) is 0 Å². The van der Waals surface area contributed by atoms with Crippen molar-refractivity contribution in [2.45, 2.75) is 0 Å². The number of hydrogen-bond donors (Lipinski definition) is 0. The maximum absolute atomic E-state index is 4.10. The van der Waals surface area contributed by atoms with E-state index in [0.717, 1.165) is 22.0 Å². The van der Waals surface area contributed by atoms with Crippen LogP contribution in [0.25, 0.3) is 23.1 Å². The van der Waals surface area contributed by atoms with Gasteiger partial charge in [0.1, 0.15) is 0 Å². The van der Waals surface area contributed by atoms with Crippen LogP contribution < -0.4 is 0 Å². The van der Waals surface area contributed by atoms with Gasteiger partial charge in [0.15, 0.2) is 0 Å². The summed E-state index contributed by atoms with van der Waals surface area (Å²) in [5.41, 5.74) is 3.04. The molecule has 0 atom stereocenters. The van der Waals surface area contributed by atoms with Crippen molar-refractivity contribution in [2.24, 2.45) is 0 Å². The predicted octanol–water partition coefficient (Wildman–Crippen LogP) is 3.20. The van der Waals surface area contributed by atoms with Gasteiger partial charge in [-0.2, -0.15) is 10.2 Å². The fraction of sp³-hybridized carbons (Fsp3) is 0. The highest BCUT2D eigenvalue weighted by atomic mass is 15.1. The summed E-state index contributed by atoms with van der Waals surface area (Å²) in [7, 11) is 0. The van der Waals surface area contributed by atoms with Gasteiger partial charge in [-0.3, -0.25) is 4.98 Å². The van der Waals surface area contributed by atoms with Gasteiger partial charge in [0.25, 0.3) is 0 Å². The molecule has 3 heteroatoms. The Labute approximate surface area is 105 Å². The van der Waals surface area contributed by atoms with Gasteiger partial charge in [-0.05, 0) is 17.7 Å². The first-order chi connectivity index (χ1) is 8.93. The maximum atomic E-state index is 4.10. The summed E-state index contributed by atoms with van der Waals surface area (Å²) in [6.07, 6.45) is 9.42. The Morgan fingerprint density at radius 1 is 0.889 bits per heavy atom. The van der Waals surface area contributed by atoms with Gasteiger partial charge < -0.3 is 0 Å². The van der Waals surface area contributed by atoms with E-state index in [0.29, 0.717) is 0 Å². The van der Waals surface area contributed by atoms with Crippen LogP contribution in [-0.2, 0) is 0 Å². The quantitative estimate of drug-likeness (QED) is 0.682. The largest absolute Gasteiger partial charge is 0.264 e. The molecule has 0 spiro atoms. The van der Waals surface area contributed by atoms with Crippen molar-refractivity contribution in [1.29, 1.82) is 0 Å². The highest BCUT2D eigenvalue weighted by Crippen LogP contribution is 2.17. The van der Waals surface area contributed by atoms with Gasteiger partial charge in [-0.25, -0.2) is 0 Å². The van der Waals surface area contributed by atoms with Crippen LogP contribution in [0.4, 0.5) is 0 Å². The smallest absolute Gasteiger partial charge is 0.0935 e. The van der Waals surface area contributed by atoms with E-state index in [9.17, 15) is 0 Å². The zero-order chi connectivity index (χ0) is 12.2. The van der Waals surface area contributed by atoms with Crippen molar-refractivity contribution in [3.63, 3.8) is 0 Å². The molecule has 2 heterocycles. The normalized spacial score (nSPS) is 11.1. The molecule has 0 unspecified atom stereocenters. The second-order valence-electron chi connectivity index (χ2n) is 3.94. The minimum Gasteiger partial charge on any atom is -0.264 e. The standard InChI is InChI=1S/C15H11N3/c1-2-6-15-14(5-1)13(11-17-18-15)8-7-12-4-3-9-16-10-12/h1-11H/b8-7+. The molecule has 2 aromatic heterocycles. The molecule has 86 valence electrons. The fourth-order valence-corrected chi connectivity index (χ4v) is 1.82. The van der Waals surface area contributed by atoms with Gasteiger partial charge in [-0.1, -0.05) is 36.4 Å². The molecule has 0 fully saturated rings. The van der Waals surface area contributed by atoms with Crippen LogP contribution in [0.3, 0.4) is 0 Å². The van der Waals surface area contributed by atoms with E-state index in [1.165, 1.54) is 0 Å². The van der Waals surface area contributed by atoms with Crippen molar-refractivity contribution in [1.82, 2.24) is 15.2 Å². The van der Waals surface area contributed by atoms with E-state index in [1.807, 2.05) is 54.7 Å². The molecule has 0 saturated heterocycles. The number of benzene rings is 1. The Morgan fingerprint density at radius 2 is 1.83 bits per heavy atom. The summed E-state index contributed by atoms with van der Waals surface area (Å²) >= 11 is 0. The van der Waals surface area contributed by atoms with Gasteiger partial charge >= 0.3 is 0 Å². The van der Waals surface area contributed by atoms with Gasteiger partial charge in [-0.15, -0.1) is 0 Å². The van der Waals surface area contributed by atoms with Gasteiger partial charge in [0.05, 0.1) is 11.7 Å². The molecule has 0 aliphatic heterocycles. The Bertz CT molecular complexity index is 685.